The summed E-state index contributed by atoms with van der Waals surface area (Å²) >= 11 is 1.56. The highest BCUT2D eigenvalue weighted by molar-refractivity contribution is 7.10. The Morgan fingerprint density at radius 2 is 2.15 bits per heavy atom. The maximum atomic E-state index is 10.5. The minimum atomic E-state index is -0.947. The van der Waals surface area contributed by atoms with Crippen molar-refractivity contribution in [2.75, 3.05) is 0 Å². The second kappa shape index (κ2) is 6.39. The summed E-state index contributed by atoms with van der Waals surface area (Å²) < 4.78 is 5.81. The summed E-state index contributed by atoms with van der Waals surface area (Å²) in [5, 5.41) is 10.6. The highest BCUT2D eigenvalue weighted by Gasteiger charge is 2.05. The molecule has 0 amide bonds. The van der Waals surface area contributed by atoms with Crippen LogP contribution in [0.15, 0.2) is 35.7 Å². The predicted octanol–water partition coefficient (Wildman–Crippen LogP) is 4.04. The van der Waals surface area contributed by atoms with Gasteiger partial charge in [-0.3, -0.25) is 0 Å². The third-order valence-corrected chi connectivity index (χ3v) is 3.78. The number of ether oxygens (including phenoxy) is 1. The summed E-state index contributed by atoms with van der Waals surface area (Å²) in [5.74, 6) is -0.0883. The first kappa shape index (κ1) is 14.3. The standard InChI is InChI=1S/C16H16O3S/c1-11-3-5-14(12(2)9-11)19-10-15-13(7-8-20-15)4-6-16(17)18/h3-9H,10H2,1-2H3,(H,17,18). The molecular weight excluding hydrogens is 272 g/mol. The molecule has 0 radical (unpaired) electrons. The number of thiophene rings is 1. The van der Waals surface area contributed by atoms with Gasteiger partial charge in [0.25, 0.3) is 0 Å². The van der Waals surface area contributed by atoms with E-state index in [2.05, 4.69) is 6.07 Å². The molecule has 0 saturated heterocycles. The van der Waals surface area contributed by atoms with Gasteiger partial charge in [0.1, 0.15) is 12.4 Å². The average Bonchev–Trinajstić information content (AvgIpc) is 2.83. The van der Waals surface area contributed by atoms with E-state index in [4.69, 9.17) is 9.84 Å². The van der Waals surface area contributed by atoms with Crippen LogP contribution in [-0.4, -0.2) is 11.1 Å². The second-order valence-electron chi connectivity index (χ2n) is 4.53. The van der Waals surface area contributed by atoms with Gasteiger partial charge >= 0.3 is 5.97 Å². The Morgan fingerprint density at radius 1 is 1.35 bits per heavy atom. The Kier molecular flexibility index (Phi) is 4.58. The molecule has 0 bridgehead atoms. The molecule has 1 heterocycles. The number of carboxylic acid groups (broad SMARTS) is 1. The summed E-state index contributed by atoms with van der Waals surface area (Å²) in [7, 11) is 0. The molecule has 0 aliphatic carbocycles. The lowest BCUT2D eigenvalue weighted by atomic mass is 10.1. The van der Waals surface area contributed by atoms with Crippen LogP contribution in [0.5, 0.6) is 5.75 Å². The lowest BCUT2D eigenvalue weighted by Crippen LogP contribution is -1.97. The summed E-state index contributed by atoms with van der Waals surface area (Å²) in [5.41, 5.74) is 3.20. The number of carboxylic acids is 1. The number of aryl methyl sites for hydroxylation is 2. The Balaban J connectivity index is 2.08. The van der Waals surface area contributed by atoms with Gasteiger partial charge in [-0.2, -0.15) is 0 Å². The van der Waals surface area contributed by atoms with Crippen molar-refractivity contribution in [3.8, 4) is 5.75 Å². The van der Waals surface area contributed by atoms with Crippen molar-refractivity contribution in [3.63, 3.8) is 0 Å². The highest BCUT2D eigenvalue weighted by Crippen LogP contribution is 2.23. The van der Waals surface area contributed by atoms with Crippen molar-refractivity contribution >= 4 is 23.4 Å². The van der Waals surface area contributed by atoms with Crippen molar-refractivity contribution in [3.05, 3.63) is 57.3 Å². The molecule has 1 aromatic heterocycles. The summed E-state index contributed by atoms with van der Waals surface area (Å²) in [6.45, 7) is 4.51. The maximum absolute atomic E-state index is 10.5. The van der Waals surface area contributed by atoms with Crippen LogP contribution in [-0.2, 0) is 11.4 Å². The van der Waals surface area contributed by atoms with Gasteiger partial charge in [0.05, 0.1) is 0 Å². The minimum absolute atomic E-state index is 0.445. The lowest BCUT2D eigenvalue weighted by molar-refractivity contribution is -0.131. The smallest absolute Gasteiger partial charge is 0.328 e. The van der Waals surface area contributed by atoms with Gasteiger partial charge in [0.2, 0.25) is 0 Å². The molecule has 4 heteroatoms. The molecule has 2 rings (SSSR count). The van der Waals surface area contributed by atoms with Crippen LogP contribution >= 0.6 is 11.3 Å². The molecular formula is C16H16O3S. The van der Waals surface area contributed by atoms with Crippen molar-refractivity contribution in [2.24, 2.45) is 0 Å². The largest absolute Gasteiger partial charge is 0.488 e. The molecule has 0 aliphatic rings. The van der Waals surface area contributed by atoms with E-state index >= 15 is 0 Å². The Hall–Kier alpha value is -2.07. The second-order valence-corrected chi connectivity index (χ2v) is 5.53. The molecule has 0 spiro atoms. The van der Waals surface area contributed by atoms with Crippen molar-refractivity contribution in [1.29, 1.82) is 0 Å². The van der Waals surface area contributed by atoms with Crippen LogP contribution in [0.25, 0.3) is 6.08 Å². The highest BCUT2D eigenvalue weighted by atomic mass is 32.1. The Bertz CT molecular complexity index is 641. The average molecular weight is 288 g/mol. The first-order valence-electron chi connectivity index (χ1n) is 6.23. The maximum Gasteiger partial charge on any atom is 0.328 e. The van der Waals surface area contributed by atoms with E-state index in [1.54, 1.807) is 17.4 Å². The number of benzene rings is 1. The quantitative estimate of drug-likeness (QED) is 0.845. The van der Waals surface area contributed by atoms with Gasteiger partial charge in [-0.15, -0.1) is 11.3 Å². The minimum Gasteiger partial charge on any atom is -0.488 e. The number of hydrogen-bond donors (Lipinski definition) is 1. The van der Waals surface area contributed by atoms with E-state index in [1.165, 1.54) is 5.56 Å². The molecule has 20 heavy (non-hydrogen) atoms. The summed E-state index contributed by atoms with van der Waals surface area (Å²) in [4.78, 5) is 11.6. The van der Waals surface area contributed by atoms with E-state index in [-0.39, 0.29) is 0 Å². The van der Waals surface area contributed by atoms with E-state index < -0.39 is 5.97 Å². The van der Waals surface area contributed by atoms with E-state index in [0.717, 1.165) is 27.8 Å². The van der Waals surface area contributed by atoms with E-state index in [0.29, 0.717) is 6.61 Å². The molecule has 0 fully saturated rings. The van der Waals surface area contributed by atoms with Crippen LogP contribution in [0, 0.1) is 13.8 Å². The van der Waals surface area contributed by atoms with Gasteiger partial charge < -0.3 is 9.84 Å². The fraction of sp³-hybridized carbons (Fsp3) is 0.188. The van der Waals surface area contributed by atoms with Gasteiger partial charge in [-0.05, 0) is 48.6 Å². The number of rotatable bonds is 5. The number of hydrogen-bond acceptors (Lipinski definition) is 3. The predicted molar refractivity (Wildman–Crippen MR) is 81.2 cm³/mol. The van der Waals surface area contributed by atoms with Crippen LogP contribution in [0.2, 0.25) is 0 Å². The number of aliphatic carboxylic acids is 1. The molecule has 1 aromatic carbocycles. The molecule has 104 valence electrons. The monoisotopic (exact) mass is 288 g/mol. The Labute approximate surface area is 122 Å². The van der Waals surface area contributed by atoms with Crippen LogP contribution in [0.1, 0.15) is 21.6 Å². The Morgan fingerprint density at radius 3 is 2.85 bits per heavy atom. The molecule has 0 aliphatic heterocycles. The fourth-order valence-electron chi connectivity index (χ4n) is 1.88. The third-order valence-electron chi connectivity index (χ3n) is 2.87. The third kappa shape index (κ3) is 3.71. The van der Waals surface area contributed by atoms with Crippen molar-refractivity contribution in [2.45, 2.75) is 20.5 Å². The van der Waals surface area contributed by atoms with Crippen LogP contribution in [0.3, 0.4) is 0 Å². The summed E-state index contributed by atoms with van der Waals surface area (Å²) in [6.07, 6.45) is 2.74. The van der Waals surface area contributed by atoms with Crippen molar-refractivity contribution < 1.29 is 14.6 Å². The molecule has 0 atom stereocenters. The van der Waals surface area contributed by atoms with Gasteiger partial charge in [0, 0.05) is 11.0 Å². The normalized spacial score (nSPS) is 10.9. The van der Waals surface area contributed by atoms with Crippen LogP contribution in [0.4, 0.5) is 0 Å². The first-order valence-corrected chi connectivity index (χ1v) is 7.11. The SMILES string of the molecule is Cc1ccc(OCc2sccc2C=CC(=O)O)c(C)c1. The lowest BCUT2D eigenvalue weighted by Gasteiger charge is -2.09. The van der Waals surface area contributed by atoms with Gasteiger partial charge in [0.15, 0.2) is 0 Å². The zero-order valence-electron chi connectivity index (χ0n) is 11.4. The van der Waals surface area contributed by atoms with E-state index in [1.807, 2.05) is 37.4 Å². The molecule has 1 N–H and O–H groups in total. The fourth-order valence-corrected chi connectivity index (χ4v) is 2.66. The zero-order chi connectivity index (χ0) is 14.5. The zero-order valence-corrected chi connectivity index (χ0v) is 12.2. The molecule has 3 nitrogen and oxygen atoms in total. The molecule has 2 aromatic rings. The first-order chi connectivity index (χ1) is 9.56. The van der Waals surface area contributed by atoms with Gasteiger partial charge in [-0.1, -0.05) is 17.7 Å². The van der Waals surface area contributed by atoms with E-state index in [9.17, 15) is 4.79 Å². The molecule has 0 saturated carbocycles. The summed E-state index contributed by atoms with van der Waals surface area (Å²) in [6, 6.07) is 7.95. The topological polar surface area (TPSA) is 46.5 Å². The van der Waals surface area contributed by atoms with Crippen LogP contribution < -0.4 is 4.74 Å². The van der Waals surface area contributed by atoms with Crippen molar-refractivity contribution in [1.82, 2.24) is 0 Å². The molecule has 0 unspecified atom stereocenters. The van der Waals surface area contributed by atoms with Gasteiger partial charge in [-0.25, -0.2) is 4.79 Å². The number of carbonyl (C=O) groups is 1.